The zero-order valence-electron chi connectivity index (χ0n) is 16.2. The van der Waals surface area contributed by atoms with Crippen LogP contribution in [0.5, 0.6) is 0 Å². The first kappa shape index (κ1) is 19.5. The third kappa shape index (κ3) is 4.43. The lowest BCUT2D eigenvalue weighted by Gasteiger charge is -2.26. The highest BCUT2D eigenvalue weighted by Gasteiger charge is 2.30. The van der Waals surface area contributed by atoms with Gasteiger partial charge in [0.05, 0.1) is 23.0 Å². The van der Waals surface area contributed by atoms with E-state index >= 15 is 0 Å². The van der Waals surface area contributed by atoms with Crippen LogP contribution in [0.4, 0.5) is 13.2 Å². The van der Waals surface area contributed by atoms with Gasteiger partial charge >= 0.3 is 6.18 Å². The van der Waals surface area contributed by atoms with Crippen molar-refractivity contribution in [2.45, 2.75) is 70.1 Å². The Labute approximate surface area is 164 Å². The van der Waals surface area contributed by atoms with Crippen molar-refractivity contribution < 1.29 is 13.2 Å². The number of nitrogens with zero attached hydrogens (tertiary/aromatic N) is 3. The van der Waals surface area contributed by atoms with Crippen LogP contribution in [-0.4, -0.2) is 27.8 Å². The quantitative estimate of drug-likeness (QED) is 0.632. The largest absolute Gasteiger partial charge is 0.416 e. The number of aromatic nitrogens is 2. The average molecular weight is 391 g/mol. The van der Waals surface area contributed by atoms with E-state index in [4.69, 9.17) is 5.10 Å². The van der Waals surface area contributed by atoms with Gasteiger partial charge < -0.3 is 0 Å². The summed E-state index contributed by atoms with van der Waals surface area (Å²) in [7, 11) is 0. The van der Waals surface area contributed by atoms with Gasteiger partial charge in [-0.15, -0.1) is 0 Å². The van der Waals surface area contributed by atoms with E-state index in [-0.39, 0.29) is 0 Å². The molecule has 0 bridgehead atoms. The number of hydrogen-bond donors (Lipinski definition) is 0. The molecule has 0 N–H and O–H groups in total. The molecule has 1 aromatic heterocycles. The van der Waals surface area contributed by atoms with Crippen LogP contribution in [0.25, 0.3) is 11.3 Å². The van der Waals surface area contributed by atoms with Crippen LogP contribution in [-0.2, 0) is 12.7 Å². The van der Waals surface area contributed by atoms with Gasteiger partial charge in [0.15, 0.2) is 0 Å². The summed E-state index contributed by atoms with van der Waals surface area (Å²) in [6.45, 7) is 3.03. The molecule has 0 atom stereocenters. The summed E-state index contributed by atoms with van der Waals surface area (Å²) in [5.41, 5.74) is 2.19. The molecule has 1 saturated carbocycles. The molecule has 1 aliphatic carbocycles. The van der Waals surface area contributed by atoms with Crippen LogP contribution in [0.1, 0.15) is 68.7 Å². The van der Waals surface area contributed by atoms with Gasteiger partial charge in [-0.25, -0.2) is 0 Å². The third-order valence-electron chi connectivity index (χ3n) is 6.05. The number of rotatable bonds is 4. The van der Waals surface area contributed by atoms with Crippen LogP contribution >= 0.6 is 0 Å². The Balaban J connectivity index is 1.63. The molecule has 152 valence electrons. The smallest absolute Gasteiger partial charge is 0.297 e. The molecule has 0 amide bonds. The van der Waals surface area contributed by atoms with Gasteiger partial charge in [-0.05, 0) is 62.5 Å². The second kappa shape index (κ2) is 8.27. The van der Waals surface area contributed by atoms with E-state index in [1.807, 2.05) is 0 Å². The Bertz CT molecular complexity index is 767. The summed E-state index contributed by atoms with van der Waals surface area (Å²) in [6.07, 6.45) is 5.29. The molecule has 2 aliphatic rings. The zero-order valence-corrected chi connectivity index (χ0v) is 16.2. The molecule has 1 saturated heterocycles. The Morgan fingerprint density at radius 1 is 0.893 bits per heavy atom. The van der Waals surface area contributed by atoms with Crippen LogP contribution in [0.15, 0.2) is 30.3 Å². The van der Waals surface area contributed by atoms with Gasteiger partial charge in [-0.1, -0.05) is 37.8 Å². The monoisotopic (exact) mass is 391 g/mol. The fourth-order valence-electron chi connectivity index (χ4n) is 4.52. The van der Waals surface area contributed by atoms with Gasteiger partial charge in [0.1, 0.15) is 0 Å². The zero-order chi connectivity index (χ0) is 19.6. The Morgan fingerprint density at radius 3 is 2.18 bits per heavy atom. The molecule has 6 heteroatoms. The number of hydrogen-bond acceptors (Lipinski definition) is 2. The minimum absolute atomic E-state index is 0.348. The summed E-state index contributed by atoms with van der Waals surface area (Å²) < 4.78 is 40.9. The molecule has 2 heterocycles. The molecule has 4 rings (SSSR count). The predicted molar refractivity (Wildman–Crippen MR) is 104 cm³/mol. The fraction of sp³-hybridized carbons (Fsp3) is 0.591. The normalized spacial score (nSPS) is 19.8. The lowest BCUT2D eigenvalue weighted by molar-refractivity contribution is -0.137. The fourth-order valence-corrected chi connectivity index (χ4v) is 4.52. The Hall–Kier alpha value is -1.82. The van der Waals surface area contributed by atoms with Crippen molar-refractivity contribution in [2.24, 2.45) is 0 Å². The molecule has 2 fully saturated rings. The number of alkyl halides is 3. The standard InChI is InChI=1S/C22H28F3N3/c23-22(24,25)18-11-9-17(10-12-18)21-15-19(16-27-13-5-2-6-14-27)26-28(21)20-7-3-1-4-8-20/h9-12,15,20H,1-8,13-14,16H2. The molecular formula is C22H28F3N3. The number of piperidine rings is 1. The van der Waals surface area contributed by atoms with E-state index in [1.165, 1.54) is 50.7 Å². The minimum atomic E-state index is -4.30. The highest BCUT2D eigenvalue weighted by Crippen LogP contribution is 2.35. The maximum absolute atomic E-state index is 12.9. The van der Waals surface area contributed by atoms with E-state index in [9.17, 15) is 13.2 Å². The second-order valence-electron chi connectivity index (χ2n) is 8.17. The predicted octanol–water partition coefficient (Wildman–Crippen LogP) is 6.06. The van der Waals surface area contributed by atoms with Crippen LogP contribution < -0.4 is 0 Å². The van der Waals surface area contributed by atoms with Crippen molar-refractivity contribution in [3.63, 3.8) is 0 Å². The van der Waals surface area contributed by atoms with Gasteiger partial charge in [0.2, 0.25) is 0 Å². The van der Waals surface area contributed by atoms with Gasteiger partial charge in [-0.3, -0.25) is 9.58 Å². The van der Waals surface area contributed by atoms with E-state index < -0.39 is 11.7 Å². The molecule has 1 aliphatic heterocycles. The molecular weight excluding hydrogens is 363 g/mol. The molecule has 28 heavy (non-hydrogen) atoms. The summed E-state index contributed by atoms with van der Waals surface area (Å²) in [5, 5.41) is 4.93. The molecule has 2 aromatic rings. The van der Waals surface area contributed by atoms with Crippen molar-refractivity contribution >= 4 is 0 Å². The topological polar surface area (TPSA) is 21.1 Å². The van der Waals surface area contributed by atoms with E-state index in [0.29, 0.717) is 6.04 Å². The molecule has 0 radical (unpaired) electrons. The van der Waals surface area contributed by atoms with E-state index in [1.54, 1.807) is 12.1 Å². The first-order valence-corrected chi connectivity index (χ1v) is 10.5. The molecule has 1 aromatic carbocycles. The van der Waals surface area contributed by atoms with Crippen molar-refractivity contribution in [1.29, 1.82) is 0 Å². The summed E-state index contributed by atoms with van der Waals surface area (Å²) in [6, 6.07) is 7.97. The maximum atomic E-state index is 12.9. The minimum Gasteiger partial charge on any atom is -0.297 e. The highest BCUT2D eigenvalue weighted by molar-refractivity contribution is 5.61. The van der Waals surface area contributed by atoms with Crippen molar-refractivity contribution in [2.75, 3.05) is 13.1 Å². The SMILES string of the molecule is FC(F)(F)c1ccc(-c2cc(CN3CCCCC3)nn2C2CCCCC2)cc1. The first-order chi connectivity index (χ1) is 13.5. The van der Waals surface area contributed by atoms with Crippen molar-refractivity contribution in [1.82, 2.24) is 14.7 Å². The summed E-state index contributed by atoms with van der Waals surface area (Å²) in [4.78, 5) is 2.44. The number of likely N-dealkylation sites (tertiary alicyclic amines) is 1. The lowest BCUT2D eigenvalue weighted by Crippen LogP contribution is -2.29. The van der Waals surface area contributed by atoms with Crippen molar-refractivity contribution in [3.8, 4) is 11.3 Å². The van der Waals surface area contributed by atoms with Gasteiger partial charge in [-0.2, -0.15) is 18.3 Å². The average Bonchev–Trinajstić information content (AvgIpc) is 3.13. The number of benzene rings is 1. The van der Waals surface area contributed by atoms with Crippen LogP contribution in [0, 0.1) is 0 Å². The van der Waals surface area contributed by atoms with Gasteiger partial charge in [0, 0.05) is 6.54 Å². The summed E-state index contributed by atoms with van der Waals surface area (Å²) >= 11 is 0. The number of halogens is 3. The second-order valence-corrected chi connectivity index (χ2v) is 8.17. The molecule has 0 unspecified atom stereocenters. The first-order valence-electron chi connectivity index (χ1n) is 10.5. The maximum Gasteiger partial charge on any atom is 0.416 e. The van der Waals surface area contributed by atoms with Crippen LogP contribution in [0.2, 0.25) is 0 Å². The van der Waals surface area contributed by atoms with E-state index in [0.717, 1.165) is 49.4 Å². The third-order valence-corrected chi connectivity index (χ3v) is 6.05. The lowest BCUT2D eigenvalue weighted by atomic mass is 9.95. The molecule has 3 nitrogen and oxygen atoms in total. The summed E-state index contributed by atoms with van der Waals surface area (Å²) in [5.74, 6) is 0. The molecule has 0 spiro atoms. The van der Waals surface area contributed by atoms with Crippen molar-refractivity contribution in [3.05, 3.63) is 41.6 Å². The van der Waals surface area contributed by atoms with E-state index in [2.05, 4.69) is 15.6 Å². The van der Waals surface area contributed by atoms with Crippen LogP contribution in [0.3, 0.4) is 0 Å². The Kier molecular flexibility index (Phi) is 5.76. The Morgan fingerprint density at radius 2 is 1.54 bits per heavy atom. The van der Waals surface area contributed by atoms with Gasteiger partial charge in [0.25, 0.3) is 0 Å². The highest BCUT2D eigenvalue weighted by atomic mass is 19.4.